The van der Waals surface area contributed by atoms with E-state index >= 15 is 0 Å². The summed E-state index contributed by atoms with van der Waals surface area (Å²) in [6.07, 6.45) is -4.37. The van der Waals surface area contributed by atoms with Gasteiger partial charge in [0.2, 0.25) is 5.91 Å². The fraction of sp³-hybridized carbons (Fsp3) is 0.417. The van der Waals surface area contributed by atoms with E-state index < -0.39 is 24.5 Å². The summed E-state index contributed by atoms with van der Waals surface area (Å²) in [6.45, 7) is -0.870. The smallest absolute Gasteiger partial charge is 0.384 e. The van der Waals surface area contributed by atoms with Gasteiger partial charge in [-0.2, -0.15) is 13.2 Å². The summed E-state index contributed by atoms with van der Waals surface area (Å²) >= 11 is 0. The van der Waals surface area contributed by atoms with Crippen molar-refractivity contribution >= 4 is 11.6 Å². The first-order valence-electron chi connectivity index (χ1n) is 5.53. The Hall–Kier alpha value is -1.72. The number of amides is 1. The van der Waals surface area contributed by atoms with E-state index in [1.807, 2.05) is 12.1 Å². The maximum Gasteiger partial charge on any atom is 0.406 e. The Balaban J connectivity index is 2.12. The van der Waals surface area contributed by atoms with Crippen LogP contribution in [0.2, 0.25) is 0 Å². The normalized spacial score (nSPS) is 18.1. The van der Waals surface area contributed by atoms with Crippen LogP contribution in [0.5, 0.6) is 0 Å². The molecule has 1 unspecified atom stereocenters. The SMILES string of the molecule is CN(CC(F)(F)F)C(=O)C1CNc2ccccc21. The second-order valence-corrected chi connectivity index (χ2v) is 4.33. The highest BCUT2D eigenvalue weighted by atomic mass is 19.4. The van der Waals surface area contributed by atoms with Crippen LogP contribution < -0.4 is 5.32 Å². The zero-order valence-electron chi connectivity index (χ0n) is 9.79. The molecule has 1 aliphatic heterocycles. The molecule has 98 valence electrons. The van der Waals surface area contributed by atoms with Crippen LogP contribution >= 0.6 is 0 Å². The quantitative estimate of drug-likeness (QED) is 0.882. The first kappa shape index (κ1) is 12.7. The number of benzene rings is 1. The van der Waals surface area contributed by atoms with Gasteiger partial charge in [0.1, 0.15) is 6.54 Å². The first-order chi connectivity index (χ1) is 8.38. The Bertz CT molecular complexity index is 459. The molecule has 1 aliphatic rings. The van der Waals surface area contributed by atoms with Crippen LogP contribution in [0.3, 0.4) is 0 Å². The van der Waals surface area contributed by atoms with Crippen LogP contribution in [-0.4, -0.2) is 37.1 Å². The molecule has 0 saturated carbocycles. The van der Waals surface area contributed by atoms with E-state index in [0.717, 1.165) is 16.2 Å². The number of hydrogen-bond acceptors (Lipinski definition) is 2. The molecule has 0 aromatic heterocycles. The topological polar surface area (TPSA) is 32.3 Å². The average molecular weight is 258 g/mol. The number of fused-ring (bicyclic) bond motifs is 1. The molecule has 1 heterocycles. The highest BCUT2D eigenvalue weighted by Crippen LogP contribution is 2.32. The third kappa shape index (κ3) is 2.57. The van der Waals surface area contributed by atoms with Crippen molar-refractivity contribution in [1.29, 1.82) is 0 Å². The minimum Gasteiger partial charge on any atom is -0.384 e. The number of carbonyl (C=O) groups excluding carboxylic acids is 1. The second kappa shape index (κ2) is 4.51. The van der Waals surface area contributed by atoms with Gasteiger partial charge in [0.15, 0.2) is 0 Å². The summed E-state index contributed by atoms with van der Waals surface area (Å²) in [7, 11) is 1.18. The van der Waals surface area contributed by atoms with Crippen molar-refractivity contribution in [3.05, 3.63) is 29.8 Å². The Morgan fingerprint density at radius 2 is 2.11 bits per heavy atom. The molecular weight excluding hydrogens is 245 g/mol. The molecule has 1 aromatic rings. The highest BCUT2D eigenvalue weighted by Gasteiger charge is 2.36. The molecule has 1 N–H and O–H groups in total. The van der Waals surface area contributed by atoms with Gasteiger partial charge in [-0.15, -0.1) is 0 Å². The third-order valence-electron chi connectivity index (χ3n) is 2.92. The molecule has 2 rings (SSSR count). The van der Waals surface area contributed by atoms with E-state index in [2.05, 4.69) is 5.32 Å². The summed E-state index contributed by atoms with van der Waals surface area (Å²) in [4.78, 5) is 12.7. The summed E-state index contributed by atoms with van der Waals surface area (Å²) in [5, 5.41) is 3.02. The van der Waals surface area contributed by atoms with Crippen molar-refractivity contribution in [2.24, 2.45) is 0 Å². The van der Waals surface area contributed by atoms with Crippen molar-refractivity contribution in [2.75, 3.05) is 25.5 Å². The number of likely N-dealkylation sites (N-methyl/N-ethyl adjacent to an activating group) is 1. The third-order valence-corrected chi connectivity index (χ3v) is 2.92. The predicted octanol–water partition coefficient (Wildman–Crippen LogP) is 2.22. The van der Waals surface area contributed by atoms with Crippen LogP contribution in [0.4, 0.5) is 18.9 Å². The molecule has 0 radical (unpaired) electrons. The number of rotatable bonds is 2. The van der Waals surface area contributed by atoms with E-state index in [4.69, 9.17) is 0 Å². The van der Waals surface area contributed by atoms with E-state index in [0.29, 0.717) is 6.54 Å². The van der Waals surface area contributed by atoms with Gasteiger partial charge in [0.25, 0.3) is 0 Å². The number of nitrogens with zero attached hydrogens (tertiary/aromatic N) is 1. The van der Waals surface area contributed by atoms with Crippen LogP contribution in [0.1, 0.15) is 11.5 Å². The van der Waals surface area contributed by atoms with Crippen molar-refractivity contribution in [3.63, 3.8) is 0 Å². The van der Waals surface area contributed by atoms with Gasteiger partial charge in [-0.1, -0.05) is 18.2 Å². The summed E-state index contributed by atoms with van der Waals surface area (Å²) in [5.74, 6) is -1.04. The summed E-state index contributed by atoms with van der Waals surface area (Å²) in [5.41, 5.74) is 1.58. The number of hydrogen-bond donors (Lipinski definition) is 1. The molecule has 3 nitrogen and oxygen atoms in total. The number of halogens is 3. The van der Waals surface area contributed by atoms with E-state index in [1.165, 1.54) is 7.05 Å². The predicted molar refractivity (Wildman–Crippen MR) is 61.4 cm³/mol. The van der Waals surface area contributed by atoms with Crippen molar-refractivity contribution in [3.8, 4) is 0 Å². The Morgan fingerprint density at radius 3 is 2.78 bits per heavy atom. The lowest BCUT2D eigenvalue weighted by molar-refractivity contribution is -0.159. The zero-order chi connectivity index (χ0) is 13.3. The molecule has 0 fully saturated rings. The maximum absolute atomic E-state index is 12.2. The molecule has 1 atom stereocenters. The Kier molecular flexibility index (Phi) is 3.19. The molecule has 0 saturated heterocycles. The van der Waals surface area contributed by atoms with Crippen molar-refractivity contribution < 1.29 is 18.0 Å². The van der Waals surface area contributed by atoms with E-state index in [-0.39, 0.29) is 0 Å². The van der Waals surface area contributed by atoms with Gasteiger partial charge in [-0.3, -0.25) is 4.79 Å². The highest BCUT2D eigenvalue weighted by molar-refractivity contribution is 5.88. The molecule has 18 heavy (non-hydrogen) atoms. The molecule has 1 aromatic carbocycles. The van der Waals surface area contributed by atoms with Gasteiger partial charge >= 0.3 is 6.18 Å². The summed E-state index contributed by atoms with van der Waals surface area (Å²) in [6, 6.07) is 7.17. The number of anilines is 1. The molecule has 6 heteroatoms. The van der Waals surface area contributed by atoms with Gasteiger partial charge in [0, 0.05) is 19.3 Å². The van der Waals surface area contributed by atoms with E-state index in [9.17, 15) is 18.0 Å². The number of para-hydroxylation sites is 1. The van der Waals surface area contributed by atoms with Crippen LogP contribution in [0.25, 0.3) is 0 Å². The standard InChI is InChI=1S/C12H13F3N2O/c1-17(7-12(13,14)15)11(18)9-6-16-10-5-3-2-4-8(9)10/h2-5,9,16H,6-7H2,1H3. The first-order valence-corrected chi connectivity index (χ1v) is 5.53. The second-order valence-electron chi connectivity index (χ2n) is 4.33. The number of nitrogens with one attached hydrogen (secondary N) is 1. The van der Waals surface area contributed by atoms with E-state index in [1.54, 1.807) is 12.1 Å². The van der Waals surface area contributed by atoms with Gasteiger partial charge < -0.3 is 10.2 Å². The lowest BCUT2D eigenvalue weighted by Crippen LogP contribution is -2.39. The Morgan fingerprint density at radius 1 is 1.44 bits per heavy atom. The van der Waals surface area contributed by atoms with Gasteiger partial charge in [0.05, 0.1) is 5.92 Å². The van der Waals surface area contributed by atoms with Gasteiger partial charge in [-0.25, -0.2) is 0 Å². The maximum atomic E-state index is 12.2. The molecular formula is C12H13F3N2O. The molecule has 1 amide bonds. The Labute approximate surface area is 103 Å². The van der Waals surface area contributed by atoms with Gasteiger partial charge in [-0.05, 0) is 11.6 Å². The number of carbonyl (C=O) groups is 1. The van der Waals surface area contributed by atoms with Crippen LogP contribution in [0, 0.1) is 0 Å². The number of alkyl halides is 3. The fourth-order valence-electron chi connectivity index (χ4n) is 2.12. The molecule has 0 spiro atoms. The fourth-order valence-corrected chi connectivity index (χ4v) is 2.12. The molecule has 0 bridgehead atoms. The zero-order valence-corrected chi connectivity index (χ0v) is 9.79. The van der Waals surface area contributed by atoms with Crippen LogP contribution in [0.15, 0.2) is 24.3 Å². The van der Waals surface area contributed by atoms with Crippen molar-refractivity contribution in [1.82, 2.24) is 4.90 Å². The van der Waals surface area contributed by atoms with Crippen LogP contribution in [-0.2, 0) is 4.79 Å². The largest absolute Gasteiger partial charge is 0.406 e. The molecule has 0 aliphatic carbocycles. The lowest BCUT2D eigenvalue weighted by atomic mass is 10.00. The minimum absolute atomic E-state index is 0.348. The average Bonchev–Trinajstić information content (AvgIpc) is 2.69. The minimum atomic E-state index is -4.37. The lowest BCUT2D eigenvalue weighted by Gasteiger charge is -2.22. The monoisotopic (exact) mass is 258 g/mol. The summed E-state index contributed by atoms with van der Waals surface area (Å²) < 4.78 is 36.7. The van der Waals surface area contributed by atoms with Crippen molar-refractivity contribution in [2.45, 2.75) is 12.1 Å².